The van der Waals surface area contributed by atoms with Crippen molar-refractivity contribution in [2.24, 2.45) is 0 Å². The van der Waals surface area contributed by atoms with E-state index in [1.54, 1.807) is 23.0 Å². The van der Waals surface area contributed by atoms with Crippen LogP contribution in [0.5, 0.6) is 0 Å². The van der Waals surface area contributed by atoms with E-state index in [-0.39, 0.29) is 6.04 Å². The lowest BCUT2D eigenvalue weighted by Gasteiger charge is -2.14. The van der Waals surface area contributed by atoms with Crippen LogP contribution in [-0.2, 0) is 0 Å². The Balaban J connectivity index is 1.57. The maximum atomic E-state index is 6.27. The van der Waals surface area contributed by atoms with E-state index in [4.69, 9.17) is 23.2 Å². The molecule has 0 amide bonds. The fourth-order valence-electron chi connectivity index (χ4n) is 2.53. The van der Waals surface area contributed by atoms with Gasteiger partial charge in [0.15, 0.2) is 0 Å². The van der Waals surface area contributed by atoms with E-state index in [0.29, 0.717) is 10.0 Å². The van der Waals surface area contributed by atoms with Crippen LogP contribution in [0.25, 0.3) is 16.2 Å². The number of rotatable bonds is 4. The number of aromatic nitrogens is 4. The Morgan fingerprint density at radius 2 is 2.12 bits per heavy atom. The summed E-state index contributed by atoms with van der Waals surface area (Å²) in [5, 5.41) is 9.93. The molecule has 0 aliphatic carbocycles. The van der Waals surface area contributed by atoms with Gasteiger partial charge in [0.25, 0.3) is 0 Å². The van der Waals surface area contributed by atoms with Crippen LogP contribution in [0, 0.1) is 0 Å². The zero-order chi connectivity index (χ0) is 17.4. The largest absolute Gasteiger partial charge is 0.354 e. The first-order valence-corrected chi connectivity index (χ1v) is 9.15. The van der Waals surface area contributed by atoms with E-state index in [9.17, 15) is 0 Å². The van der Waals surface area contributed by atoms with Gasteiger partial charge < -0.3 is 5.32 Å². The molecule has 0 unspecified atom stereocenters. The summed E-state index contributed by atoms with van der Waals surface area (Å²) >= 11 is 13.7. The Morgan fingerprint density at radius 1 is 1.24 bits per heavy atom. The molecule has 0 radical (unpaired) electrons. The van der Waals surface area contributed by atoms with Crippen LogP contribution >= 0.6 is 34.5 Å². The molecule has 0 aliphatic heterocycles. The predicted octanol–water partition coefficient (Wildman–Crippen LogP) is 5.33. The maximum absolute atomic E-state index is 6.27. The molecule has 3 aromatic heterocycles. The Labute approximate surface area is 158 Å². The lowest BCUT2D eigenvalue weighted by Crippen LogP contribution is -2.07. The highest BCUT2D eigenvalue weighted by atomic mass is 35.5. The summed E-state index contributed by atoms with van der Waals surface area (Å²) in [5.41, 5.74) is 2.79. The number of imidazole rings is 1. The summed E-state index contributed by atoms with van der Waals surface area (Å²) in [6.45, 7) is 2.03. The zero-order valence-electron chi connectivity index (χ0n) is 13.1. The molecule has 5 nitrogen and oxygen atoms in total. The van der Waals surface area contributed by atoms with Gasteiger partial charge in [-0.3, -0.25) is 4.98 Å². The van der Waals surface area contributed by atoms with Gasteiger partial charge in [0.1, 0.15) is 0 Å². The molecule has 1 atom stereocenters. The summed E-state index contributed by atoms with van der Waals surface area (Å²) in [6.07, 6.45) is 5.43. The summed E-state index contributed by atoms with van der Waals surface area (Å²) < 4.78 is 1.77. The van der Waals surface area contributed by atoms with Crippen LogP contribution in [0.3, 0.4) is 0 Å². The van der Waals surface area contributed by atoms with Gasteiger partial charge in [0, 0.05) is 28.0 Å². The molecule has 0 saturated heterocycles. The van der Waals surface area contributed by atoms with Crippen LogP contribution < -0.4 is 5.32 Å². The van der Waals surface area contributed by atoms with E-state index in [2.05, 4.69) is 20.4 Å². The van der Waals surface area contributed by atoms with Crippen LogP contribution in [0.1, 0.15) is 18.5 Å². The number of nitrogens with one attached hydrogen (secondary N) is 1. The van der Waals surface area contributed by atoms with Gasteiger partial charge in [-0.25, -0.2) is 9.50 Å². The molecule has 1 N–H and O–H groups in total. The van der Waals surface area contributed by atoms with Crippen LogP contribution in [0.2, 0.25) is 10.0 Å². The molecule has 1 aromatic carbocycles. The topological polar surface area (TPSA) is 55.1 Å². The summed E-state index contributed by atoms with van der Waals surface area (Å²) in [6, 6.07) is 9.35. The quantitative estimate of drug-likeness (QED) is 0.512. The number of anilines is 1. The van der Waals surface area contributed by atoms with Gasteiger partial charge in [-0.05, 0) is 36.8 Å². The molecule has 0 fully saturated rings. The fourth-order valence-corrected chi connectivity index (χ4v) is 3.97. The first-order chi connectivity index (χ1) is 12.1. The maximum Gasteiger partial charge on any atom is 0.214 e. The van der Waals surface area contributed by atoms with E-state index < -0.39 is 0 Å². The molecule has 126 valence electrons. The number of fused-ring (bicyclic) bond motifs is 1. The van der Waals surface area contributed by atoms with Crippen molar-refractivity contribution in [3.05, 3.63) is 64.5 Å². The Morgan fingerprint density at radius 3 is 2.84 bits per heavy atom. The average molecular weight is 390 g/mol. The van der Waals surface area contributed by atoms with Crippen molar-refractivity contribution in [2.75, 3.05) is 5.32 Å². The number of pyridine rings is 1. The second kappa shape index (κ2) is 6.63. The standard InChI is InChI=1S/C17H13Cl2N5S/c1-10(13-5-4-12(18)7-14(13)19)21-16-23-24-9-15(22-17(24)25-16)11-3-2-6-20-8-11/h2-10H,1H3,(H,21,23)/t10-/m0/s1. The van der Waals surface area contributed by atoms with Gasteiger partial charge >= 0.3 is 0 Å². The van der Waals surface area contributed by atoms with E-state index >= 15 is 0 Å². The molecule has 4 aromatic rings. The highest BCUT2D eigenvalue weighted by Gasteiger charge is 2.14. The van der Waals surface area contributed by atoms with Crippen molar-refractivity contribution in [2.45, 2.75) is 13.0 Å². The van der Waals surface area contributed by atoms with E-state index in [1.165, 1.54) is 11.3 Å². The molecular formula is C17H13Cl2N5S. The Kier molecular flexibility index (Phi) is 4.33. The van der Waals surface area contributed by atoms with E-state index in [1.807, 2.05) is 37.4 Å². The van der Waals surface area contributed by atoms with E-state index in [0.717, 1.165) is 26.9 Å². The molecule has 8 heteroatoms. The van der Waals surface area contributed by atoms with Crippen molar-refractivity contribution < 1.29 is 0 Å². The van der Waals surface area contributed by atoms with Gasteiger partial charge in [0.05, 0.1) is 17.9 Å². The molecule has 3 heterocycles. The highest BCUT2D eigenvalue weighted by molar-refractivity contribution is 7.20. The van der Waals surface area contributed by atoms with Gasteiger partial charge in [-0.15, -0.1) is 5.10 Å². The lowest BCUT2D eigenvalue weighted by molar-refractivity contribution is 0.863. The minimum Gasteiger partial charge on any atom is -0.354 e. The zero-order valence-corrected chi connectivity index (χ0v) is 15.5. The third kappa shape index (κ3) is 3.33. The predicted molar refractivity (Wildman–Crippen MR) is 103 cm³/mol. The fraction of sp³-hybridized carbons (Fsp3) is 0.118. The van der Waals surface area contributed by atoms with Crippen molar-refractivity contribution in [3.63, 3.8) is 0 Å². The second-order valence-corrected chi connectivity index (χ2v) is 7.33. The molecule has 4 rings (SSSR count). The number of benzene rings is 1. The Hall–Kier alpha value is -2.15. The SMILES string of the molecule is C[C@H](Nc1nn2cc(-c3cccnc3)nc2s1)c1ccc(Cl)cc1Cl. The highest BCUT2D eigenvalue weighted by Crippen LogP contribution is 2.30. The monoisotopic (exact) mass is 389 g/mol. The summed E-state index contributed by atoms with van der Waals surface area (Å²) in [4.78, 5) is 9.54. The minimum atomic E-state index is -0.00147. The minimum absolute atomic E-state index is 0.00147. The van der Waals surface area contributed by atoms with Crippen molar-refractivity contribution in [3.8, 4) is 11.3 Å². The van der Waals surface area contributed by atoms with Crippen molar-refractivity contribution >= 4 is 44.6 Å². The first-order valence-electron chi connectivity index (χ1n) is 7.58. The smallest absolute Gasteiger partial charge is 0.214 e. The summed E-state index contributed by atoms with van der Waals surface area (Å²) in [7, 11) is 0. The van der Waals surface area contributed by atoms with Crippen LogP contribution in [0.15, 0.2) is 48.9 Å². The Bertz CT molecular complexity index is 997. The third-order valence-corrected chi connectivity index (χ3v) is 5.19. The van der Waals surface area contributed by atoms with Crippen LogP contribution in [-0.4, -0.2) is 19.6 Å². The average Bonchev–Trinajstić information content (AvgIpc) is 3.14. The number of nitrogens with zero attached hydrogens (tertiary/aromatic N) is 4. The number of hydrogen-bond acceptors (Lipinski definition) is 5. The van der Waals surface area contributed by atoms with Crippen molar-refractivity contribution in [1.82, 2.24) is 19.6 Å². The molecule has 0 aliphatic rings. The number of halogens is 2. The van der Waals surface area contributed by atoms with Crippen LogP contribution in [0.4, 0.5) is 5.13 Å². The molecule has 0 spiro atoms. The van der Waals surface area contributed by atoms with Crippen molar-refractivity contribution in [1.29, 1.82) is 0 Å². The van der Waals surface area contributed by atoms with Gasteiger partial charge in [0.2, 0.25) is 10.1 Å². The first kappa shape index (κ1) is 16.3. The lowest BCUT2D eigenvalue weighted by atomic mass is 10.1. The summed E-state index contributed by atoms with van der Waals surface area (Å²) in [5.74, 6) is 0. The molecule has 0 saturated carbocycles. The number of hydrogen-bond donors (Lipinski definition) is 1. The molecule has 25 heavy (non-hydrogen) atoms. The second-order valence-electron chi connectivity index (χ2n) is 5.53. The van der Waals surface area contributed by atoms with Gasteiger partial charge in [-0.2, -0.15) is 0 Å². The molecular weight excluding hydrogens is 377 g/mol. The molecule has 0 bridgehead atoms. The normalized spacial score (nSPS) is 12.4. The van der Waals surface area contributed by atoms with Gasteiger partial charge in [-0.1, -0.05) is 40.6 Å². The third-order valence-electron chi connectivity index (χ3n) is 3.77.